The van der Waals surface area contributed by atoms with E-state index in [0.29, 0.717) is 23.3 Å². The second-order valence-corrected chi connectivity index (χ2v) is 3.95. The van der Waals surface area contributed by atoms with Gasteiger partial charge in [0.15, 0.2) is 0 Å². The van der Waals surface area contributed by atoms with Crippen LogP contribution in [-0.2, 0) is 4.79 Å². The molecule has 2 heterocycles. The molecule has 74 valence electrons. The van der Waals surface area contributed by atoms with Crippen molar-refractivity contribution in [3.8, 4) is 0 Å². The molecule has 0 N–H and O–H groups in total. The van der Waals surface area contributed by atoms with Crippen molar-refractivity contribution in [1.29, 1.82) is 0 Å². The molecule has 1 amide bonds. The van der Waals surface area contributed by atoms with E-state index in [-0.39, 0.29) is 5.91 Å². The van der Waals surface area contributed by atoms with Gasteiger partial charge in [0.25, 0.3) is 0 Å². The number of nitrogens with zero attached hydrogens (tertiary/aromatic N) is 2. The SMILES string of the molecule is O=C1CCCN1c1ccc(Br)c(F)n1. The summed E-state index contributed by atoms with van der Waals surface area (Å²) in [5, 5.41) is 0. The molecule has 3 nitrogen and oxygen atoms in total. The van der Waals surface area contributed by atoms with Crippen molar-refractivity contribution in [1.82, 2.24) is 4.98 Å². The fourth-order valence-corrected chi connectivity index (χ4v) is 1.67. The van der Waals surface area contributed by atoms with Gasteiger partial charge < -0.3 is 0 Å². The number of aromatic nitrogens is 1. The quantitative estimate of drug-likeness (QED) is 0.723. The standard InChI is InChI=1S/C9H8BrFN2O/c10-6-3-4-7(12-9(6)11)13-5-1-2-8(13)14/h3-4H,1-2,5H2. The predicted molar refractivity (Wildman–Crippen MR) is 53.5 cm³/mol. The zero-order valence-electron chi connectivity index (χ0n) is 7.33. The van der Waals surface area contributed by atoms with E-state index in [1.165, 1.54) is 4.90 Å². The van der Waals surface area contributed by atoms with E-state index in [2.05, 4.69) is 20.9 Å². The van der Waals surface area contributed by atoms with E-state index in [9.17, 15) is 9.18 Å². The number of anilines is 1. The second kappa shape index (κ2) is 3.65. The summed E-state index contributed by atoms with van der Waals surface area (Å²) in [6.07, 6.45) is 1.34. The van der Waals surface area contributed by atoms with Crippen LogP contribution in [0.25, 0.3) is 0 Å². The minimum atomic E-state index is -0.581. The molecule has 0 aromatic carbocycles. The van der Waals surface area contributed by atoms with Gasteiger partial charge in [-0.1, -0.05) is 0 Å². The monoisotopic (exact) mass is 258 g/mol. The van der Waals surface area contributed by atoms with Crippen LogP contribution < -0.4 is 4.90 Å². The Hall–Kier alpha value is -0.970. The lowest BCUT2D eigenvalue weighted by molar-refractivity contribution is -0.117. The van der Waals surface area contributed by atoms with E-state index in [4.69, 9.17) is 0 Å². The summed E-state index contributed by atoms with van der Waals surface area (Å²) < 4.78 is 13.4. The molecule has 0 aliphatic carbocycles. The van der Waals surface area contributed by atoms with Gasteiger partial charge in [0.2, 0.25) is 11.9 Å². The molecule has 0 bridgehead atoms. The average molecular weight is 259 g/mol. The molecular formula is C9H8BrFN2O. The molecule has 0 radical (unpaired) electrons. The summed E-state index contributed by atoms with van der Waals surface area (Å²) in [7, 11) is 0. The maximum Gasteiger partial charge on any atom is 0.229 e. The molecule has 1 saturated heterocycles. The normalized spacial score (nSPS) is 16.4. The molecule has 2 rings (SSSR count). The Kier molecular flexibility index (Phi) is 2.50. The number of halogens is 2. The molecule has 1 fully saturated rings. The number of amides is 1. The summed E-state index contributed by atoms with van der Waals surface area (Å²) in [6.45, 7) is 0.632. The fourth-order valence-electron chi connectivity index (χ4n) is 1.45. The van der Waals surface area contributed by atoms with Crippen molar-refractivity contribution in [2.45, 2.75) is 12.8 Å². The lowest BCUT2D eigenvalue weighted by Crippen LogP contribution is -2.24. The van der Waals surface area contributed by atoms with Crippen molar-refractivity contribution < 1.29 is 9.18 Å². The average Bonchev–Trinajstić information content (AvgIpc) is 2.57. The van der Waals surface area contributed by atoms with Crippen molar-refractivity contribution in [2.24, 2.45) is 0 Å². The highest BCUT2D eigenvalue weighted by atomic mass is 79.9. The third-order valence-electron chi connectivity index (χ3n) is 2.14. The van der Waals surface area contributed by atoms with Gasteiger partial charge in [-0.3, -0.25) is 9.69 Å². The van der Waals surface area contributed by atoms with Crippen LogP contribution in [0.4, 0.5) is 10.2 Å². The Labute approximate surface area is 89.1 Å². The molecule has 1 aliphatic rings. The molecule has 0 atom stereocenters. The maximum atomic E-state index is 13.1. The highest BCUT2D eigenvalue weighted by molar-refractivity contribution is 9.10. The smallest absolute Gasteiger partial charge is 0.229 e. The van der Waals surface area contributed by atoms with Crippen LogP contribution in [0.2, 0.25) is 0 Å². The van der Waals surface area contributed by atoms with Gasteiger partial charge in [-0.15, -0.1) is 0 Å². The lowest BCUT2D eigenvalue weighted by Gasteiger charge is -2.13. The number of hydrogen-bond acceptors (Lipinski definition) is 2. The Balaban J connectivity index is 2.32. The summed E-state index contributed by atoms with van der Waals surface area (Å²) in [5.74, 6) is -0.172. The first kappa shape index (κ1) is 9.58. The largest absolute Gasteiger partial charge is 0.297 e. The minimum absolute atomic E-state index is 0.0132. The molecule has 0 spiro atoms. The van der Waals surface area contributed by atoms with E-state index in [1.807, 2.05) is 0 Å². The first-order valence-corrected chi connectivity index (χ1v) is 5.10. The number of carbonyl (C=O) groups excluding carboxylic acids is 1. The first-order valence-electron chi connectivity index (χ1n) is 4.31. The minimum Gasteiger partial charge on any atom is -0.297 e. The van der Waals surface area contributed by atoms with Crippen molar-refractivity contribution >= 4 is 27.7 Å². The molecule has 0 saturated carbocycles. The predicted octanol–water partition coefficient (Wildman–Crippen LogP) is 2.11. The Bertz CT molecular complexity index is 383. The summed E-state index contributed by atoms with van der Waals surface area (Å²) >= 11 is 3.01. The van der Waals surface area contributed by atoms with Gasteiger partial charge >= 0.3 is 0 Å². The number of carbonyl (C=O) groups is 1. The van der Waals surface area contributed by atoms with Gasteiger partial charge in [0.1, 0.15) is 5.82 Å². The summed E-state index contributed by atoms with van der Waals surface area (Å²) in [6, 6.07) is 3.19. The number of rotatable bonds is 1. The number of pyridine rings is 1. The zero-order chi connectivity index (χ0) is 10.1. The molecular weight excluding hydrogens is 251 g/mol. The Morgan fingerprint density at radius 1 is 1.50 bits per heavy atom. The van der Waals surface area contributed by atoms with Crippen LogP contribution in [0.1, 0.15) is 12.8 Å². The molecule has 14 heavy (non-hydrogen) atoms. The Morgan fingerprint density at radius 3 is 2.86 bits per heavy atom. The molecule has 1 aromatic rings. The van der Waals surface area contributed by atoms with E-state index < -0.39 is 5.95 Å². The van der Waals surface area contributed by atoms with Gasteiger partial charge in [-0.05, 0) is 34.5 Å². The van der Waals surface area contributed by atoms with Crippen LogP contribution in [0.15, 0.2) is 16.6 Å². The Morgan fingerprint density at radius 2 is 2.29 bits per heavy atom. The van der Waals surface area contributed by atoms with Gasteiger partial charge in [-0.25, -0.2) is 4.98 Å². The van der Waals surface area contributed by atoms with Crippen molar-refractivity contribution in [3.05, 3.63) is 22.6 Å². The highest BCUT2D eigenvalue weighted by Crippen LogP contribution is 2.22. The summed E-state index contributed by atoms with van der Waals surface area (Å²) in [5.41, 5.74) is 0. The maximum absolute atomic E-state index is 13.1. The van der Waals surface area contributed by atoms with Crippen molar-refractivity contribution in [2.75, 3.05) is 11.4 Å². The van der Waals surface area contributed by atoms with Crippen molar-refractivity contribution in [3.63, 3.8) is 0 Å². The number of hydrogen-bond donors (Lipinski definition) is 0. The van der Waals surface area contributed by atoms with Crippen LogP contribution in [0.5, 0.6) is 0 Å². The third-order valence-corrected chi connectivity index (χ3v) is 2.73. The van der Waals surface area contributed by atoms with Crippen LogP contribution in [0.3, 0.4) is 0 Å². The topological polar surface area (TPSA) is 33.2 Å². The lowest BCUT2D eigenvalue weighted by atomic mass is 10.4. The van der Waals surface area contributed by atoms with Crippen LogP contribution >= 0.6 is 15.9 Å². The third kappa shape index (κ3) is 1.64. The van der Waals surface area contributed by atoms with Gasteiger partial charge in [0.05, 0.1) is 4.47 Å². The highest BCUT2D eigenvalue weighted by Gasteiger charge is 2.23. The summed E-state index contributed by atoms with van der Waals surface area (Å²) in [4.78, 5) is 16.5. The van der Waals surface area contributed by atoms with E-state index in [0.717, 1.165) is 6.42 Å². The molecule has 1 aliphatic heterocycles. The van der Waals surface area contributed by atoms with E-state index >= 15 is 0 Å². The molecule has 0 unspecified atom stereocenters. The molecule has 5 heteroatoms. The van der Waals surface area contributed by atoms with Gasteiger partial charge in [-0.2, -0.15) is 4.39 Å². The van der Waals surface area contributed by atoms with Crippen LogP contribution in [-0.4, -0.2) is 17.4 Å². The zero-order valence-corrected chi connectivity index (χ0v) is 8.92. The fraction of sp³-hybridized carbons (Fsp3) is 0.333. The first-order chi connectivity index (χ1) is 6.68. The van der Waals surface area contributed by atoms with Crippen LogP contribution in [0, 0.1) is 5.95 Å². The van der Waals surface area contributed by atoms with Gasteiger partial charge in [0, 0.05) is 13.0 Å². The molecule has 1 aromatic heterocycles. The van der Waals surface area contributed by atoms with E-state index in [1.54, 1.807) is 12.1 Å². The second-order valence-electron chi connectivity index (χ2n) is 3.09.